The minimum absolute atomic E-state index is 0.0293. The first kappa shape index (κ1) is 22.6. The van der Waals surface area contributed by atoms with Crippen molar-refractivity contribution in [3.05, 3.63) is 53.1 Å². The highest BCUT2D eigenvalue weighted by Crippen LogP contribution is 2.31. The van der Waals surface area contributed by atoms with Crippen LogP contribution in [0.1, 0.15) is 47.7 Å². The molecule has 0 aromatic heterocycles. The predicted molar refractivity (Wildman–Crippen MR) is 122 cm³/mol. The number of piperidine rings is 1. The van der Waals surface area contributed by atoms with E-state index in [0.717, 1.165) is 41.9 Å². The fraction of sp³-hybridized carbons (Fsp3) is 0.458. The molecule has 2 aromatic rings. The van der Waals surface area contributed by atoms with Crippen LogP contribution < -0.4 is 14.8 Å². The normalized spacial score (nSPS) is 18.9. The van der Waals surface area contributed by atoms with Crippen LogP contribution in [0.5, 0.6) is 11.5 Å². The summed E-state index contributed by atoms with van der Waals surface area (Å²) in [4.78, 5) is 13.0. The van der Waals surface area contributed by atoms with Gasteiger partial charge >= 0.3 is 0 Å². The molecule has 2 aromatic carbocycles. The number of hydrogen-bond donors (Lipinski definition) is 1. The summed E-state index contributed by atoms with van der Waals surface area (Å²) in [6.45, 7) is 5.79. The lowest BCUT2D eigenvalue weighted by molar-refractivity contribution is 0.0953. The van der Waals surface area contributed by atoms with Gasteiger partial charge in [-0.25, -0.2) is 8.42 Å². The van der Waals surface area contributed by atoms with E-state index < -0.39 is 10.0 Å². The number of ether oxygens (including phenoxy) is 2. The standard InChI is InChI=1S/C24H30N2O5S/c1-17-6-8-20(32(28,29)26-12-4-3-5-18(26)2)16-21(17)24(27)25-11-10-19-7-9-22-23(15-19)31-14-13-30-22/h6-9,15-16,18H,3-5,10-14H2,1-2H3,(H,25,27). The molecule has 32 heavy (non-hydrogen) atoms. The molecule has 2 heterocycles. The monoisotopic (exact) mass is 458 g/mol. The molecule has 2 aliphatic heterocycles. The Balaban J connectivity index is 1.43. The molecule has 1 N–H and O–H groups in total. The molecule has 8 heteroatoms. The van der Waals surface area contributed by atoms with E-state index in [9.17, 15) is 13.2 Å². The third-order valence-electron chi connectivity index (χ3n) is 6.11. The van der Waals surface area contributed by atoms with Gasteiger partial charge in [-0.05, 0) is 68.5 Å². The van der Waals surface area contributed by atoms with E-state index in [1.54, 1.807) is 16.4 Å². The van der Waals surface area contributed by atoms with Gasteiger partial charge in [0.2, 0.25) is 10.0 Å². The lowest BCUT2D eigenvalue weighted by atomic mass is 10.1. The Morgan fingerprint density at radius 1 is 1.09 bits per heavy atom. The van der Waals surface area contributed by atoms with Gasteiger partial charge in [0.1, 0.15) is 13.2 Å². The first-order chi connectivity index (χ1) is 15.4. The molecule has 1 saturated heterocycles. The van der Waals surface area contributed by atoms with Gasteiger partial charge in [0.05, 0.1) is 4.90 Å². The average Bonchev–Trinajstić information content (AvgIpc) is 2.79. The Morgan fingerprint density at radius 2 is 1.88 bits per heavy atom. The van der Waals surface area contributed by atoms with Gasteiger partial charge < -0.3 is 14.8 Å². The maximum atomic E-state index is 13.2. The Bertz CT molecular complexity index is 1100. The molecule has 0 bridgehead atoms. The van der Waals surface area contributed by atoms with E-state index >= 15 is 0 Å². The zero-order chi connectivity index (χ0) is 22.7. The van der Waals surface area contributed by atoms with Crippen LogP contribution >= 0.6 is 0 Å². The van der Waals surface area contributed by atoms with Gasteiger partial charge in [-0.2, -0.15) is 4.31 Å². The lowest BCUT2D eigenvalue weighted by Crippen LogP contribution is -2.42. The highest BCUT2D eigenvalue weighted by molar-refractivity contribution is 7.89. The molecule has 0 spiro atoms. The van der Waals surface area contributed by atoms with Crippen molar-refractivity contribution in [2.75, 3.05) is 26.3 Å². The molecule has 1 fully saturated rings. The minimum Gasteiger partial charge on any atom is -0.486 e. The van der Waals surface area contributed by atoms with Crippen molar-refractivity contribution < 1.29 is 22.7 Å². The maximum Gasteiger partial charge on any atom is 0.251 e. The summed E-state index contributed by atoms with van der Waals surface area (Å²) < 4.78 is 39.0. The van der Waals surface area contributed by atoms with Crippen LogP contribution in [0.15, 0.2) is 41.3 Å². The first-order valence-corrected chi connectivity index (χ1v) is 12.6. The summed E-state index contributed by atoms with van der Waals surface area (Å²) >= 11 is 0. The quantitative estimate of drug-likeness (QED) is 0.718. The van der Waals surface area contributed by atoms with E-state index in [4.69, 9.17) is 9.47 Å². The van der Waals surface area contributed by atoms with E-state index in [-0.39, 0.29) is 16.8 Å². The van der Waals surface area contributed by atoms with Crippen LogP contribution in [-0.2, 0) is 16.4 Å². The van der Waals surface area contributed by atoms with Gasteiger partial charge in [0.25, 0.3) is 5.91 Å². The number of sulfonamides is 1. The third kappa shape index (κ3) is 4.76. The number of hydrogen-bond acceptors (Lipinski definition) is 5. The molecule has 0 aliphatic carbocycles. The molecule has 0 radical (unpaired) electrons. The number of nitrogens with one attached hydrogen (secondary N) is 1. The van der Waals surface area contributed by atoms with Crippen molar-refractivity contribution in [1.29, 1.82) is 0 Å². The number of fused-ring (bicyclic) bond motifs is 1. The van der Waals surface area contributed by atoms with E-state index in [1.165, 1.54) is 6.07 Å². The molecule has 172 valence electrons. The van der Waals surface area contributed by atoms with E-state index in [2.05, 4.69) is 5.32 Å². The van der Waals surface area contributed by atoms with Crippen LogP contribution in [0.25, 0.3) is 0 Å². The highest BCUT2D eigenvalue weighted by Gasteiger charge is 2.31. The van der Waals surface area contributed by atoms with Gasteiger partial charge in [-0.3, -0.25) is 4.79 Å². The number of rotatable bonds is 6. The SMILES string of the molecule is Cc1ccc(S(=O)(=O)N2CCCCC2C)cc1C(=O)NCCc1ccc2c(c1)OCCO2. The Morgan fingerprint density at radius 3 is 2.66 bits per heavy atom. The molecule has 1 atom stereocenters. The largest absolute Gasteiger partial charge is 0.486 e. The van der Waals surface area contributed by atoms with Crippen LogP contribution in [0.4, 0.5) is 0 Å². The smallest absolute Gasteiger partial charge is 0.251 e. The summed E-state index contributed by atoms with van der Waals surface area (Å²) in [6.07, 6.45) is 3.39. The summed E-state index contributed by atoms with van der Waals surface area (Å²) in [5.41, 5.74) is 2.16. The summed E-state index contributed by atoms with van der Waals surface area (Å²) in [6, 6.07) is 10.5. The van der Waals surface area contributed by atoms with Crippen LogP contribution in [0.2, 0.25) is 0 Å². The zero-order valence-corrected chi connectivity index (χ0v) is 19.4. The number of amides is 1. The Kier molecular flexibility index (Phi) is 6.71. The number of carbonyl (C=O) groups is 1. The van der Waals surface area contributed by atoms with E-state index in [1.807, 2.05) is 32.0 Å². The zero-order valence-electron chi connectivity index (χ0n) is 18.6. The maximum absolute atomic E-state index is 13.2. The van der Waals surface area contributed by atoms with Crippen molar-refractivity contribution in [1.82, 2.24) is 9.62 Å². The van der Waals surface area contributed by atoms with Crippen molar-refractivity contribution in [2.45, 2.75) is 50.5 Å². The Labute approximate surface area is 189 Å². The van der Waals surface area contributed by atoms with Crippen LogP contribution in [-0.4, -0.2) is 51.0 Å². The van der Waals surface area contributed by atoms with Gasteiger partial charge in [0.15, 0.2) is 11.5 Å². The summed E-state index contributed by atoms with van der Waals surface area (Å²) in [5, 5.41) is 2.92. The Hall–Kier alpha value is -2.58. The van der Waals surface area contributed by atoms with Crippen molar-refractivity contribution >= 4 is 15.9 Å². The number of aryl methyl sites for hydroxylation is 1. The fourth-order valence-electron chi connectivity index (χ4n) is 4.23. The van der Waals surface area contributed by atoms with Crippen LogP contribution in [0.3, 0.4) is 0 Å². The second-order valence-corrected chi connectivity index (χ2v) is 10.3. The molecular formula is C24H30N2O5S. The number of nitrogens with zero attached hydrogens (tertiary/aromatic N) is 1. The van der Waals surface area contributed by atoms with E-state index in [0.29, 0.717) is 38.3 Å². The second kappa shape index (κ2) is 9.50. The first-order valence-electron chi connectivity index (χ1n) is 11.2. The molecule has 1 amide bonds. The van der Waals surface area contributed by atoms with Gasteiger partial charge in [-0.1, -0.05) is 18.6 Å². The van der Waals surface area contributed by atoms with Crippen molar-refractivity contribution in [3.63, 3.8) is 0 Å². The van der Waals surface area contributed by atoms with Gasteiger partial charge in [0, 0.05) is 24.7 Å². The molecule has 2 aliphatic rings. The average molecular weight is 459 g/mol. The predicted octanol–water partition coefficient (Wildman–Crippen LogP) is 3.30. The molecule has 4 rings (SSSR count). The number of carbonyl (C=O) groups excluding carboxylic acids is 1. The lowest BCUT2D eigenvalue weighted by Gasteiger charge is -2.32. The van der Waals surface area contributed by atoms with Gasteiger partial charge in [-0.15, -0.1) is 0 Å². The molecule has 7 nitrogen and oxygen atoms in total. The molecule has 0 saturated carbocycles. The second-order valence-electron chi connectivity index (χ2n) is 8.42. The molecular weight excluding hydrogens is 428 g/mol. The highest BCUT2D eigenvalue weighted by atomic mass is 32.2. The third-order valence-corrected chi connectivity index (χ3v) is 8.12. The van der Waals surface area contributed by atoms with Crippen molar-refractivity contribution in [2.24, 2.45) is 0 Å². The molecule has 1 unspecified atom stereocenters. The minimum atomic E-state index is -3.63. The summed E-state index contributed by atoms with van der Waals surface area (Å²) in [7, 11) is -3.63. The number of benzene rings is 2. The fourth-order valence-corrected chi connectivity index (χ4v) is 5.96. The topological polar surface area (TPSA) is 84.9 Å². The summed E-state index contributed by atoms with van der Waals surface area (Å²) in [5.74, 6) is 1.19. The van der Waals surface area contributed by atoms with Crippen molar-refractivity contribution in [3.8, 4) is 11.5 Å². The van der Waals surface area contributed by atoms with Crippen LogP contribution in [0, 0.1) is 6.92 Å².